The molecule has 1 heterocycles. The van der Waals surface area contributed by atoms with Gasteiger partial charge >= 0.3 is 5.97 Å². The largest absolute Gasteiger partial charge is 0.477 e. The van der Waals surface area contributed by atoms with Crippen molar-refractivity contribution in [3.63, 3.8) is 0 Å². The van der Waals surface area contributed by atoms with Gasteiger partial charge in [-0.05, 0) is 37.0 Å². The maximum absolute atomic E-state index is 12.8. The number of para-hydroxylation sites is 1. The molecule has 0 bridgehead atoms. The quantitative estimate of drug-likeness (QED) is 0.756. The highest BCUT2D eigenvalue weighted by Crippen LogP contribution is 2.29. The van der Waals surface area contributed by atoms with Gasteiger partial charge < -0.3 is 14.4 Å². The van der Waals surface area contributed by atoms with Crippen LogP contribution in [0, 0.1) is 5.92 Å². The first kappa shape index (κ1) is 17.0. The Kier molecular flexibility index (Phi) is 4.97. The van der Waals surface area contributed by atoms with Gasteiger partial charge in [-0.3, -0.25) is 4.79 Å². The standard InChI is InChI=1S/C19H20N2O4/c1-21(16-6-4-3-5-15(16)19(23)24-2)18(22)14-9-10-20-17(11-14)25-12-13-7-8-13/h3-6,9-11,13H,7-8,12H2,1-2H3. The van der Waals surface area contributed by atoms with E-state index in [4.69, 9.17) is 9.47 Å². The lowest BCUT2D eigenvalue weighted by Gasteiger charge is -2.20. The molecule has 0 spiro atoms. The second kappa shape index (κ2) is 7.34. The van der Waals surface area contributed by atoms with Gasteiger partial charge in [-0.25, -0.2) is 9.78 Å². The first-order valence-electron chi connectivity index (χ1n) is 8.14. The number of aromatic nitrogens is 1. The molecular weight excluding hydrogens is 320 g/mol. The summed E-state index contributed by atoms with van der Waals surface area (Å²) in [5.74, 6) is 0.302. The van der Waals surface area contributed by atoms with Crippen LogP contribution in [0.3, 0.4) is 0 Å². The minimum absolute atomic E-state index is 0.255. The van der Waals surface area contributed by atoms with E-state index in [0.29, 0.717) is 35.2 Å². The van der Waals surface area contributed by atoms with Crippen LogP contribution in [0.1, 0.15) is 33.6 Å². The van der Waals surface area contributed by atoms with E-state index in [1.54, 1.807) is 49.6 Å². The number of amides is 1. The first-order valence-corrected chi connectivity index (χ1v) is 8.14. The molecule has 1 aromatic heterocycles. The third kappa shape index (κ3) is 3.96. The molecule has 2 aromatic rings. The van der Waals surface area contributed by atoms with Crippen molar-refractivity contribution in [2.24, 2.45) is 5.92 Å². The Morgan fingerprint density at radius 2 is 2.00 bits per heavy atom. The number of rotatable bonds is 6. The molecule has 1 aliphatic rings. The molecule has 1 saturated carbocycles. The summed E-state index contributed by atoms with van der Waals surface area (Å²) in [6.07, 6.45) is 3.92. The van der Waals surface area contributed by atoms with Gasteiger partial charge in [0.05, 0.1) is 25.0 Å². The molecule has 0 radical (unpaired) electrons. The van der Waals surface area contributed by atoms with E-state index < -0.39 is 5.97 Å². The summed E-state index contributed by atoms with van der Waals surface area (Å²) < 4.78 is 10.4. The molecule has 6 heteroatoms. The number of esters is 1. The predicted molar refractivity (Wildman–Crippen MR) is 93.0 cm³/mol. The zero-order valence-electron chi connectivity index (χ0n) is 14.3. The molecule has 0 unspecified atom stereocenters. The van der Waals surface area contributed by atoms with Gasteiger partial charge in [0, 0.05) is 24.9 Å². The Balaban J connectivity index is 1.80. The summed E-state index contributed by atoms with van der Waals surface area (Å²) in [5.41, 5.74) is 1.26. The fraction of sp³-hybridized carbons (Fsp3) is 0.316. The van der Waals surface area contributed by atoms with Gasteiger partial charge in [-0.15, -0.1) is 0 Å². The second-order valence-corrected chi connectivity index (χ2v) is 6.01. The molecule has 1 amide bonds. The second-order valence-electron chi connectivity index (χ2n) is 6.01. The van der Waals surface area contributed by atoms with Crippen LogP contribution >= 0.6 is 0 Å². The van der Waals surface area contributed by atoms with Gasteiger partial charge in [-0.1, -0.05) is 12.1 Å². The van der Waals surface area contributed by atoms with Crippen molar-refractivity contribution in [3.05, 3.63) is 53.7 Å². The molecule has 25 heavy (non-hydrogen) atoms. The highest BCUT2D eigenvalue weighted by Gasteiger charge is 2.23. The molecule has 0 aliphatic heterocycles. The number of hydrogen-bond acceptors (Lipinski definition) is 5. The number of methoxy groups -OCH3 is 1. The first-order chi connectivity index (χ1) is 12.1. The van der Waals surface area contributed by atoms with Gasteiger partial charge in [0.1, 0.15) is 0 Å². The zero-order chi connectivity index (χ0) is 17.8. The number of ether oxygens (including phenoxy) is 2. The average Bonchev–Trinajstić information content (AvgIpc) is 3.49. The third-order valence-electron chi connectivity index (χ3n) is 4.12. The normalized spacial score (nSPS) is 13.2. The Labute approximate surface area is 146 Å². The molecule has 1 aliphatic carbocycles. The van der Waals surface area contributed by atoms with Crippen LogP contribution in [0.4, 0.5) is 5.69 Å². The van der Waals surface area contributed by atoms with Crippen molar-refractivity contribution < 1.29 is 19.1 Å². The Morgan fingerprint density at radius 3 is 2.72 bits per heavy atom. The Bertz CT molecular complexity index is 786. The minimum atomic E-state index is -0.488. The topological polar surface area (TPSA) is 68.7 Å². The van der Waals surface area contributed by atoms with E-state index in [2.05, 4.69) is 4.98 Å². The molecule has 130 valence electrons. The number of hydrogen-bond donors (Lipinski definition) is 0. The maximum Gasteiger partial charge on any atom is 0.339 e. The fourth-order valence-electron chi connectivity index (χ4n) is 2.46. The highest BCUT2D eigenvalue weighted by molar-refractivity contribution is 6.09. The molecule has 3 rings (SSSR count). The molecule has 0 atom stereocenters. The van der Waals surface area contributed by atoms with Crippen LogP contribution in [0.2, 0.25) is 0 Å². The molecule has 6 nitrogen and oxygen atoms in total. The van der Waals surface area contributed by atoms with E-state index in [1.165, 1.54) is 24.9 Å². The number of pyridine rings is 1. The van der Waals surface area contributed by atoms with Crippen molar-refractivity contribution in [2.45, 2.75) is 12.8 Å². The molecule has 0 N–H and O–H groups in total. The maximum atomic E-state index is 12.8. The summed E-state index contributed by atoms with van der Waals surface area (Å²) in [6.45, 7) is 0.631. The van der Waals surface area contributed by atoms with E-state index >= 15 is 0 Å². The number of carbonyl (C=O) groups is 2. The number of carbonyl (C=O) groups excluding carboxylic acids is 2. The summed E-state index contributed by atoms with van der Waals surface area (Å²) in [5, 5.41) is 0. The summed E-state index contributed by atoms with van der Waals surface area (Å²) in [4.78, 5) is 30.3. The smallest absolute Gasteiger partial charge is 0.339 e. The van der Waals surface area contributed by atoms with E-state index in [9.17, 15) is 9.59 Å². The van der Waals surface area contributed by atoms with E-state index in [-0.39, 0.29) is 5.91 Å². The van der Waals surface area contributed by atoms with Gasteiger partial charge in [0.15, 0.2) is 0 Å². The van der Waals surface area contributed by atoms with Gasteiger partial charge in [-0.2, -0.15) is 0 Å². The van der Waals surface area contributed by atoms with E-state index in [0.717, 1.165) is 0 Å². The van der Waals surface area contributed by atoms with E-state index in [1.807, 2.05) is 0 Å². The van der Waals surface area contributed by atoms with Gasteiger partial charge in [0.25, 0.3) is 5.91 Å². The Morgan fingerprint density at radius 1 is 1.24 bits per heavy atom. The molecule has 1 aromatic carbocycles. The number of nitrogens with zero attached hydrogens (tertiary/aromatic N) is 2. The van der Waals surface area contributed by atoms with Gasteiger partial charge in [0.2, 0.25) is 5.88 Å². The van der Waals surface area contributed by atoms with Crippen LogP contribution in [0.5, 0.6) is 5.88 Å². The van der Waals surface area contributed by atoms with Crippen LogP contribution in [-0.4, -0.2) is 37.6 Å². The SMILES string of the molecule is COC(=O)c1ccccc1N(C)C(=O)c1ccnc(OCC2CC2)c1. The van der Waals surface area contributed by atoms with Crippen molar-refractivity contribution in [3.8, 4) is 5.88 Å². The molecule has 0 saturated heterocycles. The highest BCUT2D eigenvalue weighted by atomic mass is 16.5. The average molecular weight is 340 g/mol. The zero-order valence-corrected chi connectivity index (χ0v) is 14.3. The van der Waals surface area contributed by atoms with Crippen molar-refractivity contribution in [1.29, 1.82) is 0 Å². The van der Waals surface area contributed by atoms with Crippen molar-refractivity contribution in [1.82, 2.24) is 4.98 Å². The van der Waals surface area contributed by atoms with Crippen molar-refractivity contribution in [2.75, 3.05) is 25.7 Å². The minimum Gasteiger partial charge on any atom is -0.477 e. The third-order valence-corrected chi connectivity index (χ3v) is 4.12. The summed E-state index contributed by atoms with van der Waals surface area (Å²) >= 11 is 0. The lowest BCUT2D eigenvalue weighted by Crippen LogP contribution is -2.28. The monoisotopic (exact) mass is 340 g/mol. The number of benzene rings is 1. The van der Waals surface area contributed by atoms with Crippen molar-refractivity contribution >= 4 is 17.6 Å². The fourth-order valence-corrected chi connectivity index (χ4v) is 2.46. The predicted octanol–water partition coefficient (Wildman–Crippen LogP) is 2.93. The molecular formula is C19H20N2O4. The summed E-state index contributed by atoms with van der Waals surface area (Å²) in [7, 11) is 2.93. The Hall–Kier alpha value is -2.89. The van der Waals surface area contributed by atoms with Crippen LogP contribution in [0.15, 0.2) is 42.6 Å². The lowest BCUT2D eigenvalue weighted by molar-refractivity contribution is 0.0601. The van der Waals surface area contributed by atoms with Crippen LogP contribution < -0.4 is 9.64 Å². The summed E-state index contributed by atoms with van der Waals surface area (Å²) in [6, 6.07) is 10.1. The van der Waals surface area contributed by atoms with Crippen LogP contribution in [-0.2, 0) is 4.74 Å². The number of anilines is 1. The van der Waals surface area contributed by atoms with Crippen LogP contribution in [0.25, 0.3) is 0 Å². The molecule has 1 fully saturated rings. The lowest BCUT2D eigenvalue weighted by atomic mass is 10.1.